The summed E-state index contributed by atoms with van der Waals surface area (Å²) < 4.78 is 15.9. The van der Waals surface area contributed by atoms with Crippen molar-refractivity contribution < 1.29 is 23.5 Å². The molecule has 0 N–H and O–H groups in total. The standard InChI is InChI=1S/C16H16BrNO5/c1-18(9-12-4-3-7-22-12)15(19)10-23-14-6-5-11(8-13(14)17)16(20)21-2/h3-8H,9-10H2,1-2H3. The van der Waals surface area contributed by atoms with Gasteiger partial charge in [0.05, 0.1) is 30.0 Å². The van der Waals surface area contributed by atoms with Gasteiger partial charge in [0.25, 0.3) is 5.91 Å². The van der Waals surface area contributed by atoms with E-state index in [0.29, 0.717) is 28.1 Å². The average Bonchev–Trinajstić information content (AvgIpc) is 3.05. The predicted octanol–water partition coefficient (Wildman–Crippen LogP) is 2.87. The number of likely N-dealkylation sites (N-methyl/N-ethyl adjacent to an activating group) is 1. The van der Waals surface area contributed by atoms with Crippen molar-refractivity contribution in [1.29, 1.82) is 0 Å². The fourth-order valence-electron chi connectivity index (χ4n) is 1.84. The second-order valence-electron chi connectivity index (χ2n) is 4.75. The minimum absolute atomic E-state index is 0.118. The zero-order chi connectivity index (χ0) is 16.8. The van der Waals surface area contributed by atoms with Gasteiger partial charge >= 0.3 is 5.97 Å². The molecule has 7 heteroatoms. The van der Waals surface area contributed by atoms with E-state index in [0.717, 1.165) is 0 Å². The number of esters is 1. The highest BCUT2D eigenvalue weighted by atomic mass is 79.9. The molecular formula is C16H16BrNO5. The topological polar surface area (TPSA) is 69.0 Å². The number of methoxy groups -OCH3 is 1. The van der Waals surface area contributed by atoms with Crippen molar-refractivity contribution in [1.82, 2.24) is 4.90 Å². The van der Waals surface area contributed by atoms with Crippen LogP contribution in [0.4, 0.5) is 0 Å². The van der Waals surface area contributed by atoms with Crippen LogP contribution in [0.3, 0.4) is 0 Å². The van der Waals surface area contributed by atoms with Gasteiger partial charge < -0.3 is 18.8 Å². The number of carbonyl (C=O) groups excluding carboxylic acids is 2. The molecule has 0 saturated carbocycles. The molecule has 23 heavy (non-hydrogen) atoms. The molecule has 0 aliphatic heterocycles. The minimum Gasteiger partial charge on any atom is -0.483 e. The number of rotatable bonds is 6. The third-order valence-electron chi connectivity index (χ3n) is 3.10. The van der Waals surface area contributed by atoms with E-state index in [2.05, 4.69) is 20.7 Å². The first-order valence-electron chi connectivity index (χ1n) is 6.78. The molecule has 1 aromatic carbocycles. The fraction of sp³-hybridized carbons (Fsp3) is 0.250. The van der Waals surface area contributed by atoms with Gasteiger partial charge in [0, 0.05) is 7.05 Å². The van der Waals surface area contributed by atoms with E-state index >= 15 is 0 Å². The first-order chi connectivity index (χ1) is 11.0. The summed E-state index contributed by atoms with van der Waals surface area (Å²) in [6, 6.07) is 8.33. The lowest BCUT2D eigenvalue weighted by atomic mass is 10.2. The van der Waals surface area contributed by atoms with Gasteiger partial charge in [0.15, 0.2) is 6.61 Å². The Morgan fingerprint density at radius 2 is 2.09 bits per heavy atom. The summed E-state index contributed by atoms with van der Waals surface area (Å²) in [5, 5.41) is 0. The lowest BCUT2D eigenvalue weighted by molar-refractivity contribution is -0.132. The van der Waals surface area contributed by atoms with E-state index in [1.165, 1.54) is 12.0 Å². The SMILES string of the molecule is COC(=O)c1ccc(OCC(=O)N(C)Cc2ccco2)c(Br)c1. The highest BCUT2D eigenvalue weighted by Gasteiger charge is 2.14. The first kappa shape index (κ1) is 17.1. The number of carbonyl (C=O) groups is 2. The van der Waals surface area contributed by atoms with Crippen LogP contribution in [0.15, 0.2) is 45.5 Å². The van der Waals surface area contributed by atoms with E-state index in [9.17, 15) is 9.59 Å². The largest absolute Gasteiger partial charge is 0.483 e. The second kappa shape index (κ2) is 7.82. The number of ether oxygens (including phenoxy) is 2. The molecule has 0 aliphatic rings. The molecule has 0 aliphatic carbocycles. The molecule has 0 spiro atoms. The molecule has 0 unspecified atom stereocenters. The highest BCUT2D eigenvalue weighted by molar-refractivity contribution is 9.10. The van der Waals surface area contributed by atoms with Gasteiger partial charge in [-0.1, -0.05) is 0 Å². The second-order valence-corrected chi connectivity index (χ2v) is 5.61. The molecular weight excluding hydrogens is 366 g/mol. The third-order valence-corrected chi connectivity index (χ3v) is 3.72. The van der Waals surface area contributed by atoms with Crippen LogP contribution in [0, 0.1) is 0 Å². The Kier molecular flexibility index (Phi) is 5.81. The lowest BCUT2D eigenvalue weighted by Crippen LogP contribution is -2.30. The van der Waals surface area contributed by atoms with Crippen LogP contribution >= 0.6 is 15.9 Å². The van der Waals surface area contributed by atoms with E-state index in [4.69, 9.17) is 9.15 Å². The average molecular weight is 382 g/mol. The van der Waals surface area contributed by atoms with Crippen molar-refractivity contribution in [3.63, 3.8) is 0 Å². The van der Waals surface area contributed by atoms with Crippen LogP contribution in [0.1, 0.15) is 16.1 Å². The van der Waals surface area contributed by atoms with Crippen LogP contribution < -0.4 is 4.74 Å². The Hall–Kier alpha value is -2.28. The summed E-state index contributed by atoms with van der Waals surface area (Å²) in [4.78, 5) is 25.0. The number of halogens is 1. The van der Waals surface area contributed by atoms with E-state index in [1.807, 2.05) is 0 Å². The van der Waals surface area contributed by atoms with Gasteiger partial charge in [-0.15, -0.1) is 0 Å². The lowest BCUT2D eigenvalue weighted by Gasteiger charge is -2.16. The summed E-state index contributed by atoms with van der Waals surface area (Å²) in [5.74, 6) is 0.540. The Bertz CT molecular complexity index is 684. The van der Waals surface area contributed by atoms with Crippen LogP contribution in [-0.4, -0.2) is 37.5 Å². The summed E-state index contributed by atoms with van der Waals surface area (Å²) in [6.45, 7) is 0.255. The third kappa shape index (κ3) is 4.59. The molecule has 0 fully saturated rings. The number of furan rings is 1. The Morgan fingerprint density at radius 1 is 1.30 bits per heavy atom. The number of amides is 1. The molecule has 122 valence electrons. The summed E-state index contributed by atoms with van der Waals surface area (Å²) in [5.41, 5.74) is 0.396. The maximum atomic E-state index is 12.0. The first-order valence-corrected chi connectivity index (χ1v) is 7.57. The molecule has 1 aromatic heterocycles. The Labute approximate surface area is 142 Å². The number of hydrogen-bond acceptors (Lipinski definition) is 5. The number of benzene rings is 1. The molecule has 6 nitrogen and oxygen atoms in total. The molecule has 1 heterocycles. The van der Waals surface area contributed by atoms with Crippen LogP contribution in [0.25, 0.3) is 0 Å². The van der Waals surface area contributed by atoms with Crippen molar-refractivity contribution in [3.8, 4) is 5.75 Å². The van der Waals surface area contributed by atoms with Crippen molar-refractivity contribution in [2.75, 3.05) is 20.8 Å². The van der Waals surface area contributed by atoms with Gasteiger partial charge in [-0.3, -0.25) is 4.79 Å². The maximum absolute atomic E-state index is 12.0. The van der Waals surface area contributed by atoms with Crippen LogP contribution in [0.5, 0.6) is 5.75 Å². The Morgan fingerprint density at radius 3 is 2.70 bits per heavy atom. The predicted molar refractivity (Wildman–Crippen MR) is 86.2 cm³/mol. The van der Waals surface area contributed by atoms with Crippen molar-refractivity contribution in [3.05, 3.63) is 52.4 Å². The molecule has 2 rings (SSSR count). The summed E-state index contributed by atoms with van der Waals surface area (Å²) >= 11 is 3.31. The van der Waals surface area contributed by atoms with E-state index in [1.54, 1.807) is 43.6 Å². The summed E-state index contributed by atoms with van der Waals surface area (Å²) in [7, 11) is 2.98. The monoisotopic (exact) mass is 381 g/mol. The molecule has 0 radical (unpaired) electrons. The maximum Gasteiger partial charge on any atom is 0.337 e. The van der Waals surface area contributed by atoms with Crippen molar-refractivity contribution in [2.24, 2.45) is 0 Å². The minimum atomic E-state index is -0.438. The zero-order valence-electron chi connectivity index (χ0n) is 12.7. The van der Waals surface area contributed by atoms with Crippen LogP contribution in [0.2, 0.25) is 0 Å². The molecule has 0 saturated heterocycles. The number of nitrogens with zero attached hydrogens (tertiary/aromatic N) is 1. The van der Waals surface area contributed by atoms with Crippen LogP contribution in [-0.2, 0) is 16.1 Å². The Balaban J connectivity index is 1.92. The van der Waals surface area contributed by atoms with Gasteiger partial charge in [-0.2, -0.15) is 0 Å². The van der Waals surface area contributed by atoms with Crippen molar-refractivity contribution in [2.45, 2.75) is 6.54 Å². The van der Waals surface area contributed by atoms with E-state index in [-0.39, 0.29) is 12.5 Å². The zero-order valence-corrected chi connectivity index (χ0v) is 14.3. The van der Waals surface area contributed by atoms with Gasteiger partial charge in [-0.25, -0.2) is 4.79 Å². The van der Waals surface area contributed by atoms with Gasteiger partial charge in [-0.05, 0) is 46.3 Å². The van der Waals surface area contributed by atoms with Gasteiger partial charge in [0.2, 0.25) is 0 Å². The van der Waals surface area contributed by atoms with Gasteiger partial charge in [0.1, 0.15) is 11.5 Å². The highest BCUT2D eigenvalue weighted by Crippen LogP contribution is 2.26. The molecule has 1 amide bonds. The normalized spacial score (nSPS) is 10.2. The summed E-state index contributed by atoms with van der Waals surface area (Å²) in [6.07, 6.45) is 1.56. The van der Waals surface area contributed by atoms with E-state index < -0.39 is 5.97 Å². The molecule has 0 bridgehead atoms. The molecule has 2 aromatic rings. The number of hydrogen-bond donors (Lipinski definition) is 0. The fourth-order valence-corrected chi connectivity index (χ4v) is 2.33. The smallest absolute Gasteiger partial charge is 0.337 e. The quantitative estimate of drug-likeness (QED) is 0.719. The molecule has 0 atom stereocenters. The van der Waals surface area contributed by atoms with Crippen molar-refractivity contribution >= 4 is 27.8 Å².